The minimum Gasteiger partial charge on any atom is -0.399 e. The molecule has 0 saturated heterocycles. The van der Waals surface area contributed by atoms with Gasteiger partial charge in [-0.25, -0.2) is 0 Å². The molecule has 0 aromatic heterocycles. The first-order chi connectivity index (χ1) is 17.2. The predicted octanol–water partition coefficient (Wildman–Crippen LogP) is 9.76. The minimum atomic E-state index is 0.701. The third-order valence-corrected chi connectivity index (χ3v) is 5.73. The Morgan fingerprint density at radius 1 is 0.806 bits per heavy atom. The second kappa shape index (κ2) is 22.3. The first-order valence-corrected chi connectivity index (χ1v) is 13.3. The van der Waals surface area contributed by atoms with E-state index in [4.69, 9.17) is 5.73 Å². The van der Waals surface area contributed by atoms with E-state index in [0.29, 0.717) is 5.92 Å². The number of aryl methyl sites for hydroxylation is 3. The maximum absolute atomic E-state index is 5.70. The largest absolute Gasteiger partial charge is 0.399 e. The Balaban J connectivity index is 0. The Kier molecular flexibility index (Phi) is 21.7. The van der Waals surface area contributed by atoms with Crippen molar-refractivity contribution in [2.45, 2.75) is 95.4 Å². The van der Waals surface area contributed by atoms with E-state index < -0.39 is 0 Å². The maximum Gasteiger partial charge on any atom is 0.0346 e. The summed E-state index contributed by atoms with van der Waals surface area (Å²) in [6, 6.07) is 16.7. The monoisotopic (exact) mass is 485 g/mol. The Labute approximate surface area is 224 Å². The summed E-state index contributed by atoms with van der Waals surface area (Å²) in [7, 11) is 0. The zero-order valence-corrected chi connectivity index (χ0v) is 25.0. The number of nitrogen functional groups attached to an aromatic ring is 1. The highest BCUT2D eigenvalue weighted by Crippen LogP contribution is 2.27. The molecule has 1 aliphatic carbocycles. The van der Waals surface area contributed by atoms with Crippen LogP contribution in [0.25, 0.3) is 0 Å². The Bertz CT molecular complexity index is 1020. The summed E-state index contributed by atoms with van der Waals surface area (Å²) < 4.78 is 0. The lowest BCUT2D eigenvalue weighted by atomic mass is 9.86. The molecule has 1 unspecified atom stereocenters. The van der Waals surface area contributed by atoms with Gasteiger partial charge >= 0.3 is 0 Å². The van der Waals surface area contributed by atoms with Crippen molar-refractivity contribution in [3.63, 3.8) is 0 Å². The van der Waals surface area contributed by atoms with E-state index in [1.165, 1.54) is 34.3 Å². The highest BCUT2D eigenvalue weighted by Gasteiger charge is 2.12. The fraction of sp³-hybridized carbons (Fsp3) is 0.429. The average Bonchev–Trinajstić information content (AvgIpc) is 2.91. The highest BCUT2D eigenvalue weighted by atomic mass is 14.5. The quantitative estimate of drug-likeness (QED) is 0.332. The maximum atomic E-state index is 5.70. The molecular weight excluding hydrogens is 434 g/mol. The summed E-state index contributed by atoms with van der Waals surface area (Å²) in [4.78, 5) is 0. The SMILES string of the molecule is CC.CC#CC.CC#CC1=C(C)CC(C)C(C)=C1.CCc1ccc(C)c(N)c1.CCc1ccccc1. The molecule has 2 N–H and O–H groups in total. The topological polar surface area (TPSA) is 26.0 Å². The number of rotatable bonds is 2. The molecule has 36 heavy (non-hydrogen) atoms. The predicted molar refractivity (Wildman–Crippen MR) is 165 cm³/mol. The first kappa shape index (κ1) is 35.0. The second-order valence-corrected chi connectivity index (χ2v) is 8.45. The van der Waals surface area contributed by atoms with E-state index in [-0.39, 0.29) is 0 Å². The molecule has 0 aliphatic heterocycles. The van der Waals surface area contributed by atoms with Crippen LogP contribution in [-0.4, -0.2) is 0 Å². The summed E-state index contributed by atoms with van der Waals surface area (Å²) in [6.45, 7) is 22.5. The van der Waals surface area contributed by atoms with Gasteiger partial charge in [0.15, 0.2) is 0 Å². The van der Waals surface area contributed by atoms with E-state index >= 15 is 0 Å². The second-order valence-electron chi connectivity index (χ2n) is 8.45. The number of hydrogen-bond donors (Lipinski definition) is 1. The van der Waals surface area contributed by atoms with Crippen LogP contribution in [0.3, 0.4) is 0 Å². The molecule has 2 aromatic carbocycles. The summed E-state index contributed by atoms with van der Waals surface area (Å²) in [5.74, 6) is 12.2. The van der Waals surface area contributed by atoms with Crippen molar-refractivity contribution in [1.82, 2.24) is 0 Å². The van der Waals surface area contributed by atoms with Crippen molar-refractivity contribution in [2.75, 3.05) is 5.73 Å². The zero-order valence-electron chi connectivity index (χ0n) is 25.0. The van der Waals surface area contributed by atoms with Crippen molar-refractivity contribution in [3.05, 3.63) is 88.0 Å². The van der Waals surface area contributed by atoms with Crippen LogP contribution >= 0.6 is 0 Å². The van der Waals surface area contributed by atoms with Crippen LogP contribution in [0.4, 0.5) is 5.69 Å². The number of benzene rings is 2. The van der Waals surface area contributed by atoms with Gasteiger partial charge < -0.3 is 5.73 Å². The molecule has 2 aromatic rings. The zero-order chi connectivity index (χ0) is 27.9. The molecule has 0 radical (unpaired) electrons. The van der Waals surface area contributed by atoms with Crippen LogP contribution < -0.4 is 5.73 Å². The van der Waals surface area contributed by atoms with E-state index in [0.717, 1.165) is 24.1 Å². The van der Waals surface area contributed by atoms with E-state index in [1.807, 2.05) is 53.7 Å². The first-order valence-electron chi connectivity index (χ1n) is 13.3. The minimum absolute atomic E-state index is 0.701. The lowest BCUT2D eigenvalue weighted by molar-refractivity contribution is 0.658. The molecule has 196 valence electrons. The van der Waals surface area contributed by atoms with E-state index in [2.05, 4.69) is 101 Å². The highest BCUT2D eigenvalue weighted by molar-refractivity contribution is 5.48. The van der Waals surface area contributed by atoms with Crippen LogP contribution in [0.2, 0.25) is 0 Å². The normalized spacial score (nSPS) is 13.0. The van der Waals surface area contributed by atoms with Gasteiger partial charge in [0, 0.05) is 11.3 Å². The lowest BCUT2D eigenvalue weighted by Crippen LogP contribution is -2.04. The summed E-state index contributed by atoms with van der Waals surface area (Å²) in [6.07, 6.45) is 5.59. The van der Waals surface area contributed by atoms with Gasteiger partial charge in [0.25, 0.3) is 0 Å². The fourth-order valence-corrected chi connectivity index (χ4v) is 3.12. The van der Waals surface area contributed by atoms with Crippen LogP contribution in [0.1, 0.15) is 92.3 Å². The molecule has 0 bridgehead atoms. The van der Waals surface area contributed by atoms with Gasteiger partial charge in [-0.1, -0.05) is 94.1 Å². The molecule has 0 spiro atoms. The number of nitrogens with two attached hydrogens (primary N) is 1. The lowest BCUT2D eigenvalue weighted by Gasteiger charge is -2.19. The van der Waals surface area contributed by atoms with E-state index in [9.17, 15) is 0 Å². The fourth-order valence-electron chi connectivity index (χ4n) is 3.12. The number of anilines is 1. The average molecular weight is 486 g/mol. The Morgan fingerprint density at radius 3 is 1.78 bits per heavy atom. The van der Waals surface area contributed by atoms with Crippen molar-refractivity contribution in [3.8, 4) is 23.7 Å². The Hall–Kier alpha value is -3.16. The molecule has 1 nitrogen and oxygen atoms in total. The third kappa shape index (κ3) is 15.7. The van der Waals surface area contributed by atoms with Crippen LogP contribution in [-0.2, 0) is 12.8 Å². The van der Waals surface area contributed by atoms with Gasteiger partial charge in [-0.3, -0.25) is 0 Å². The summed E-state index contributed by atoms with van der Waals surface area (Å²) >= 11 is 0. The molecule has 0 amide bonds. The molecular formula is C35H51N. The molecule has 0 fully saturated rings. The summed E-state index contributed by atoms with van der Waals surface area (Å²) in [5, 5.41) is 0. The van der Waals surface area contributed by atoms with Gasteiger partial charge in [-0.05, 0) is 95.6 Å². The Morgan fingerprint density at radius 2 is 1.36 bits per heavy atom. The molecule has 1 atom stereocenters. The third-order valence-electron chi connectivity index (χ3n) is 5.73. The van der Waals surface area contributed by atoms with Crippen molar-refractivity contribution >= 4 is 5.69 Å². The van der Waals surface area contributed by atoms with Gasteiger partial charge in [-0.15, -0.1) is 17.8 Å². The van der Waals surface area contributed by atoms with Crippen molar-refractivity contribution in [2.24, 2.45) is 5.92 Å². The molecule has 1 heteroatoms. The van der Waals surface area contributed by atoms with E-state index in [1.54, 1.807) is 0 Å². The van der Waals surface area contributed by atoms with Crippen LogP contribution in [0.5, 0.6) is 0 Å². The molecule has 0 heterocycles. The van der Waals surface area contributed by atoms with Gasteiger partial charge in [-0.2, -0.15) is 0 Å². The molecule has 3 rings (SSSR count). The summed E-state index contributed by atoms with van der Waals surface area (Å²) in [5.41, 5.74) is 14.6. The van der Waals surface area contributed by atoms with Crippen LogP contribution in [0, 0.1) is 36.5 Å². The van der Waals surface area contributed by atoms with Gasteiger partial charge in [0.2, 0.25) is 0 Å². The van der Waals surface area contributed by atoms with Crippen molar-refractivity contribution < 1.29 is 0 Å². The van der Waals surface area contributed by atoms with Gasteiger partial charge in [0.1, 0.15) is 0 Å². The molecule has 1 aliphatic rings. The van der Waals surface area contributed by atoms with Crippen LogP contribution in [0.15, 0.2) is 71.3 Å². The smallest absolute Gasteiger partial charge is 0.0346 e. The standard InChI is InChI=1S/C12H16.C9H13N.C8H10.C4H6.C2H6/c1-5-6-12-8-10(3)9(2)7-11(12)4;1-3-8-5-4-7(2)9(10)6-8;1-2-8-6-4-3-5-7-8;1-3-4-2;1-2/h8-9H,7H2,1-4H3;4-6H,3,10H2,1-2H3;3-7H,2H2,1H3;1-2H3;1-2H3. The number of hydrogen-bond acceptors (Lipinski definition) is 1. The molecule has 0 saturated carbocycles. The van der Waals surface area contributed by atoms with Crippen molar-refractivity contribution in [1.29, 1.82) is 0 Å². The number of allylic oxidation sites excluding steroid dienone is 4. The van der Waals surface area contributed by atoms with Gasteiger partial charge in [0.05, 0.1) is 0 Å².